The molecule has 0 saturated heterocycles. The van der Waals surface area contributed by atoms with Crippen molar-refractivity contribution in [3.05, 3.63) is 0 Å². The Balaban J connectivity index is 4.01. The van der Waals surface area contributed by atoms with E-state index in [1.807, 2.05) is 5.06 Å². The van der Waals surface area contributed by atoms with Crippen molar-refractivity contribution in [3.8, 4) is 0 Å². The molecule has 0 aromatic carbocycles. The van der Waals surface area contributed by atoms with E-state index in [4.69, 9.17) is 4.84 Å². The summed E-state index contributed by atoms with van der Waals surface area (Å²) in [6, 6.07) is 0. The quantitative estimate of drug-likeness (QED) is 0.0471. The van der Waals surface area contributed by atoms with Gasteiger partial charge in [-0.15, -0.1) is 5.06 Å². The van der Waals surface area contributed by atoms with Crippen molar-refractivity contribution in [2.45, 2.75) is 252 Å². The molecule has 0 radical (unpaired) electrons. The lowest BCUT2D eigenvalue weighted by Gasteiger charge is -2.21. The number of nitrogens with zero attached hydrogens (tertiary/aromatic N) is 2. The van der Waals surface area contributed by atoms with Gasteiger partial charge in [-0.25, -0.2) is 0 Å². The van der Waals surface area contributed by atoms with E-state index in [0.29, 0.717) is 6.42 Å². The normalized spacial score (nSPS) is 11.7. The molecule has 0 atom stereocenters. The molecule has 0 amide bonds. The number of unbranched alkanes of at least 4 members (excludes halogenated alkanes) is 29. The van der Waals surface area contributed by atoms with Crippen LogP contribution in [0.15, 0.2) is 0 Å². The summed E-state index contributed by atoms with van der Waals surface area (Å²) in [5, 5.41) is 2.02. The Morgan fingerprint density at radius 2 is 0.612 bits per heavy atom. The Bertz CT molecular complexity index is 607. The van der Waals surface area contributed by atoms with E-state index in [1.165, 1.54) is 212 Å². The first kappa shape index (κ1) is 48.4. The van der Waals surface area contributed by atoms with E-state index < -0.39 is 0 Å². The largest absolute Gasteiger partial charge is 0.368 e. The van der Waals surface area contributed by atoms with Crippen LogP contribution in [0.1, 0.15) is 252 Å². The Labute approximate surface area is 310 Å². The molecule has 0 aromatic heterocycles. The van der Waals surface area contributed by atoms with Crippen LogP contribution in [0.4, 0.5) is 0 Å². The first-order valence-corrected chi connectivity index (χ1v) is 22.9. The molecule has 49 heavy (non-hydrogen) atoms. The third kappa shape index (κ3) is 38.5. The van der Waals surface area contributed by atoms with Gasteiger partial charge in [-0.2, -0.15) is 0 Å². The predicted molar refractivity (Wildman–Crippen MR) is 218 cm³/mol. The average Bonchev–Trinajstić information content (AvgIpc) is 3.10. The Morgan fingerprint density at radius 1 is 0.327 bits per heavy atom. The van der Waals surface area contributed by atoms with Gasteiger partial charge >= 0.3 is 5.97 Å². The lowest BCUT2D eigenvalue weighted by atomic mass is 10.1. The van der Waals surface area contributed by atoms with Crippen LogP contribution in [0.3, 0.4) is 0 Å². The second-order valence-corrected chi connectivity index (χ2v) is 15.6. The van der Waals surface area contributed by atoms with Gasteiger partial charge < -0.3 is 9.74 Å². The molecule has 0 unspecified atom stereocenters. The fourth-order valence-electron chi connectivity index (χ4n) is 7.20. The van der Waals surface area contributed by atoms with E-state index in [2.05, 4.69) is 32.6 Å². The van der Waals surface area contributed by atoms with Crippen LogP contribution >= 0.6 is 0 Å². The number of hydrogen-bond acceptors (Lipinski definition) is 4. The SMILES string of the molecule is CCCCCCCCCCCCN(CCC)CCCCCCCCCC(=O)ON(CCCCCCCCCC)CCCCCCCCCC. The number of hydroxylamine groups is 2. The van der Waals surface area contributed by atoms with Crippen molar-refractivity contribution in [2.75, 3.05) is 32.7 Å². The number of carbonyl (C=O) groups is 1. The highest BCUT2D eigenvalue weighted by atomic mass is 16.7. The average molecular weight is 693 g/mol. The second kappa shape index (κ2) is 41.8. The van der Waals surface area contributed by atoms with E-state index in [0.717, 1.165) is 38.8 Å². The van der Waals surface area contributed by atoms with Crippen LogP contribution in [-0.4, -0.2) is 48.7 Å². The minimum Gasteiger partial charge on any atom is -0.368 e. The highest BCUT2D eigenvalue weighted by Crippen LogP contribution is 2.15. The van der Waals surface area contributed by atoms with Crippen LogP contribution in [0.2, 0.25) is 0 Å². The minimum atomic E-state index is -0.00226. The molecule has 0 rings (SSSR count). The van der Waals surface area contributed by atoms with Gasteiger partial charge in [0.15, 0.2) is 0 Å². The maximum Gasteiger partial charge on any atom is 0.325 e. The van der Waals surface area contributed by atoms with Gasteiger partial charge in [0.05, 0.1) is 0 Å². The summed E-state index contributed by atoms with van der Waals surface area (Å²) in [5.74, 6) is -0.00226. The zero-order valence-electron chi connectivity index (χ0n) is 34.5. The molecule has 0 aliphatic heterocycles. The first-order chi connectivity index (χ1) is 24.2. The highest BCUT2D eigenvalue weighted by Gasteiger charge is 2.12. The maximum atomic E-state index is 12.7. The zero-order chi connectivity index (χ0) is 35.7. The fraction of sp³-hybridized carbons (Fsp3) is 0.978. The van der Waals surface area contributed by atoms with Crippen molar-refractivity contribution >= 4 is 5.97 Å². The number of rotatable bonds is 42. The lowest BCUT2D eigenvalue weighted by molar-refractivity contribution is -0.191. The van der Waals surface area contributed by atoms with Gasteiger partial charge in [-0.05, 0) is 58.2 Å². The molecule has 0 aromatic rings. The van der Waals surface area contributed by atoms with Crippen molar-refractivity contribution in [1.29, 1.82) is 0 Å². The molecule has 0 spiro atoms. The summed E-state index contributed by atoms with van der Waals surface area (Å²) >= 11 is 0. The summed E-state index contributed by atoms with van der Waals surface area (Å²) in [5.41, 5.74) is 0. The van der Waals surface area contributed by atoms with Crippen LogP contribution in [0.5, 0.6) is 0 Å². The van der Waals surface area contributed by atoms with Gasteiger partial charge in [-0.1, -0.05) is 207 Å². The molecule has 0 N–H and O–H groups in total. The van der Waals surface area contributed by atoms with Crippen LogP contribution in [0.25, 0.3) is 0 Å². The van der Waals surface area contributed by atoms with Crippen molar-refractivity contribution in [1.82, 2.24) is 9.96 Å². The fourth-order valence-corrected chi connectivity index (χ4v) is 7.20. The second-order valence-electron chi connectivity index (χ2n) is 15.6. The first-order valence-electron chi connectivity index (χ1n) is 22.9. The molecular formula is C45H92N2O2. The van der Waals surface area contributed by atoms with E-state index >= 15 is 0 Å². The van der Waals surface area contributed by atoms with Crippen molar-refractivity contribution in [2.24, 2.45) is 0 Å². The molecule has 4 heteroatoms. The van der Waals surface area contributed by atoms with Gasteiger partial charge in [0.1, 0.15) is 0 Å². The van der Waals surface area contributed by atoms with E-state index in [-0.39, 0.29) is 5.97 Å². The van der Waals surface area contributed by atoms with Gasteiger partial charge in [0, 0.05) is 19.5 Å². The van der Waals surface area contributed by atoms with Gasteiger partial charge in [0.25, 0.3) is 0 Å². The number of carbonyl (C=O) groups excluding carboxylic acids is 1. The predicted octanol–water partition coefficient (Wildman–Crippen LogP) is 14.8. The Hall–Kier alpha value is -0.610. The molecular weight excluding hydrogens is 601 g/mol. The Morgan fingerprint density at radius 3 is 0.939 bits per heavy atom. The van der Waals surface area contributed by atoms with Gasteiger partial charge in [0.2, 0.25) is 0 Å². The number of hydrogen-bond donors (Lipinski definition) is 0. The van der Waals surface area contributed by atoms with Crippen LogP contribution in [-0.2, 0) is 9.63 Å². The minimum absolute atomic E-state index is 0.00226. The highest BCUT2D eigenvalue weighted by molar-refractivity contribution is 5.68. The molecule has 294 valence electrons. The van der Waals surface area contributed by atoms with Crippen molar-refractivity contribution < 1.29 is 9.63 Å². The molecule has 0 bridgehead atoms. The molecule has 0 fully saturated rings. The molecule has 0 aliphatic rings. The monoisotopic (exact) mass is 693 g/mol. The molecule has 4 nitrogen and oxygen atoms in total. The third-order valence-electron chi connectivity index (χ3n) is 10.5. The van der Waals surface area contributed by atoms with Crippen LogP contribution < -0.4 is 0 Å². The molecule has 0 saturated carbocycles. The summed E-state index contributed by atoms with van der Waals surface area (Å²) in [4.78, 5) is 21.4. The third-order valence-corrected chi connectivity index (χ3v) is 10.5. The summed E-state index contributed by atoms with van der Waals surface area (Å²) < 4.78 is 0. The van der Waals surface area contributed by atoms with Gasteiger partial charge in [-0.3, -0.25) is 4.79 Å². The topological polar surface area (TPSA) is 32.8 Å². The standard InChI is InChI=1S/C45H92N2O2/c1-5-9-12-15-18-21-22-25-30-35-41-46(40-8-4)42-36-31-26-23-24-29-34-39-45(48)49-47(43-37-32-27-19-16-13-10-6-2)44-38-33-28-20-17-14-11-7-3/h5-44H2,1-4H3. The Kier molecular flexibility index (Phi) is 41.3. The lowest BCUT2D eigenvalue weighted by Crippen LogP contribution is -2.29. The van der Waals surface area contributed by atoms with E-state index in [1.54, 1.807) is 0 Å². The molecule has 0 aliphatic carbocycles. The van der Waals surface area contributed by atoms with E-state index in [9.17, 15) is 4.79 Å². The zero-order valence-corrected chi connectivity index (χ0v) is 34.5. The maximum absolute atomic E-state index is 12.7. The summed E-state index contributed by atoms with van der Waals surface area (Å²) in [7, 11) is 0. The summed E-state index contributed by atoms with van der Waals surface area (Å²) in [6.45, 7) is 14.9. The summed E-state index contributed by atoms with van der Waals surface area (Å²) in [6.07, 6.45) is 45.9. The van der Waals surface area contributed by atoms with Crippen molar-refractivity contribution in [3.63, 3.8) is 0 Å². The van der Waals surface area contributed by atoms with Crippen LogP contribution in [0, 0.1) is 0 Å². The smallest absolute Gasteiger partial charge is 0.325 e. The molecule has 0 heterocycles.